The third-order valence-corrected chi connectivity index (χ3v) is 4.51. The number of ether oxygens (including phenoxy) is 1. The van der Waals surface area contributed by atoms with Crippen LogP contribution in [-0.2, 0) is 12.8 Å². The second kappa shape index (κ2) is 4.64. The minimum atomic E-state index is 0.222. The number of hydrogen-bond acceptors (Lipinski definition) is 2. The molecule has 2 aromatic rings. The predicted octanol–water partition coefficient (Wildman–Crippen LogP) is 3.62. The highest BCUT2D eigenvalue weighted by molar-refractivity contribution is 5.73. The first kappa shape index (κ1) is 12.0. The van der Waals surface area contributed by atoms with Gasteiger partial charge in [-0.25, -0.2) is 0 Å². The van der Waals surface area contributed by atoms with Crippen LogP contribution in [0.2, 0.25) is 0 Å². The first-order valence-electron chi connectivity index (χ1n) is 7.46. The fraction of sp³-hybridized carbons (Fsp3) is 0.333. The van der Waals surface area contributed by atoms with Crippen LogP contribution in [0.25, 0.3) is 11.1 Å². The van der Waals surface area contributed by atoms with Crippen molar-refractivity contribution in [2.24, 2.45) is 5.73 Å². The predicted molar refractivity (Wildman–Crippen MR) is 80.9 cm³/mol. The molecule has 0 bridgehead atoms. The van der Waals surface area contributed by atoms with Crippen molar-refractivity contribution in [2.45, 2.75) is 31.7 Å². The van der Waals surface area contributed by atoms with E-state index in [0.29, 0.717) is 0 Å². The van der Waals surface area contributed by atoms with Crippen molar-refractivity contribution in [2.75, 3.05) is 6.61 Å². The Morgan fingerprint density at radius 2 is 2.00 bits per heavy atom. The van der Waals surface area contributed by atoms with Gasteiger partial charge in [-0.05, 0) is 47.9 Å². The van der Waals surface area contributed by atoms with Gasteiger partial charge in [0.15, 0.2) is 0 Å². The quantitative estimate of drug-likeness (QED) is 0.854. The van der Waals surface area contributed by atoms with Crippen molar-refractivity contribution in [1.82, 2.24) is 0 Å². The first-order chi connectivity index (χ1) is 9.83. The normalized spacial score (nSPS) is 20.1. The largest absolute Gasteiger partial charge is 0.493 e. The molecular weight excluding hydrogens is 246 g/mol. The Hall–Kier alpha value is -1.80. The number of benzene rings is 2. The van der Waals surface area contributed by atoms with E-state index < -0.39 is 0 Å². The van der Waals surface area contributed by atoms with Crippen LogP contribution in [0.5, 0.6) is 5.75 Å². The smallest absolute Gasteiger partial charge is 0.130 e. The topological polar surface area (TPSA) is 35.2 Å². The summed E-state index contributed by atoms with van der Waals surface area (Å²) in [5.41, 5.74) is 12.7. The molecule has 1 atom stereocenters. The summed E-state index contributed by atoms with van der Waals surface area (Å²) in [7, 11) is 0. The highest BCUT2D eigenvalue weighted by atomic mass is 16.5. The van der Waals surface area contributed by atoms with Gasteiger partial charge in [0, 0.05) is 11.6 Å². The molecule has 1 heterocycles. The zero-order valence-electron chi connectivity index (χ0n) is 11.6. The van der Waals surface area contributed by atoms with E-state index in [1.54, 1.807) is 0 Å². The average molecular weight is 265 g/mol. The van der Waals surface area contributed by atoms with E-state index in [1.807, 2.05) is 0 Å². The van der Waals surface area contributed by atoms with Gasteiger partial charge in [-0.15, -0.1) is 0 Å². The van der Waals surface area contributed by atoms with E-state index in [9.17, 15) is 0 Å². The summed E-state index contributed by atoms with van der Waals surface area (Å²) >= 11 is 0. The number of aryl methyl sites for hydroxylation is 2. The molecule has 20 heavy (non-hydrogen) atoms. The maximum Gasteiger partial charge on any atom is 0.130 e. The summed E-state index contributed by atoms with van der Waals surface area (Å²) in [6.07, 6.45) is 4.41. The van der Waals surface area contributed by atoms with Crippen molar-refractivity contribution in [3.05, 3.63) is 53.1 Å². The molecule has 0 saturated heterocycles. The second-order valence-corrected chi connectivity index (χ2v) is 5.80. The van der Waals surface area contributed by atoms with Gasteiger partial charge in [-0.2, -0.15) is 0 Å². The summed E-state index contributed by atoms with van der Waals surface area (Å²) in [6.45, 7) is 0.833. The van der Waals surface area contributed by atoms with Gasteiger partial charge in [0.2, 0.25) is 0 Å². The Bertz CT molecular complexity index is 662. The molecule has 0 amide bonds. The van der Waals surface area contributed by atoms with Crippen molar-refractivity contribution in [3.8, 4) is 16.9 Å². The summed E-state index contributed by atoms with van der Waals surface area (Å²) in [5, 5.41) is 0. The fourth-order valence-corrected chi connectivity index (χ4v) is 3.43. The zero-order valence-corrected chi connectivity index (χ0v) is 11.6. The van der Waals surface area contributed by atoms with Crippen LogP contribution < -0.4 is 10.5 Å². The third-order valence-electron chi connectivity index (χ3n) is 4.51. The third kappa shape index (κ3) is 1.83. The lowest BCUT2D eigenvalue weighted by atomic mass is 9.95. The standard InChI is InChI=1S/C18H19NO/c19-17-9-7-13-11-14(6-8-15(13)17)16-5-1-3-12-4-2-10-20-18(12)16/h1,3,5-6,8,11,17H,2,4,7,9-10,19H2. The summed E-state index contributed by atoms with van der Waals surface area (Å²) in [6, 6.07) is 13.4. The maximum atomic E-state index is 6.12. The minimum Gasteiger partial charge on any atom is -0.493 e. The average Bonchev–Trinajstić information content (AvgIpc) is 2.87. The second-order valence-electron chi connectivity index (χ2n) is 5.80. The molecular formula is C18H19NO. The Balaban J connectivity index is 1.82. The van der Waals surface area contributed by atoms with Crippen molar-refractivity contribution in [3.63, 3.8) is 0 Å². The number of hydrogen-bond donors (Lipinski definition) is 1. The van der Waals surface area contributed by atoms with Crippen LogP contribution in [0.15, 0.2) is 36.4 Å². The van der Waals surface area contributed by atoms with Crippen LogP contribution in [0, 0.1) is 0 Å². The van der Waals surface area contributed by atoms with E-state index in [0.717, 1.165) is 38.0 Å². The number of nitrogens with two attached hydrogens (primary N) is 1. The van der Waals surface area contributed by atoms with Crippen LogP contribution in [0.1, 0.15) is 35.6 Å². The van der Waals surface area contributed by atoms with Gasteiger partial charge in [-0.1, -0.05) is 36.4 Å². The van der Waals surface area contributed by atoms with E-state index in [1.165, 1.54) is 27.8 Å². The van der Waals surface area contributed by atoms with Crippen LogP contribution in [0.3, 0.4) is 0 Å². The molecule has 1 aliphatic carbocycles. The Labute approximate surface area is 119 Å². The van der Waals surface area contributed by atoms with Crippen molar-refractivity contribution >= 4 is 0 Å². The monoisotopic (exact) mass is 265 g/mol. The van der Waals surface area contributed by atoms with Gasteiger partial charge in [0.05, 0.1) is 6.61 Å². The number of rotatable bonds is 1. The molecule has 0 fully saturated rings. The fourth-order valence-electron chi connectivity index (χ4n) is 3.43. The molecule has 0 spiro atoms. The van der Waals surface area contributed by atoms with Gasteiger partial charge in [0.25, 0.3) is 0 Å². The molecule has 2 heteroatoms. The molecule has 4 rings (SSSR count). The maximum absolute atomic E-state index is 6.12. The van der Waals surface area contributed by atoms with E-state index in [4.69, 9.17) is 10.5 Å². The van der Waals surface area contributed by atoms with Crippen molar-refractivity contribution in [1.29, 1.82) is 0 Å². The minimum absolute atomic E-state index is 0.222. The summed E-state index contributed by atoms with van der Waals surface area (Å²) in [5.74, 6) is 1.08. The van der Waals surface area contributed by atoms with Crippen LogP contribution in [0.4, 0.5) is 0 Å². The lowest BCUT2D eigenvalue weighted by Crippen LogP contribution is -2.09. The lowest BCUT2D eigenvalue weighted by molar-refractivity contribution is 0.289. The van der Waals surface area contributed by atoms with Gasteiger partial charge >= 0.3 is 0 Å². The zero-order chi connectivity index (χ0) is 13.5. The van der Waals surface area contributed by atoms with Crippen LogP contribution in [-0.4, -0.2) is 6.61 Å². The van der Waals surface area contributed by atoms with E-state index >= 15 is 0 Å². The Kier molecular flexibility index (Phi) is 2.78. The summed E-state index contributed by atoms with van der Waals surface area (Å²) in [4.78, 5) is 0. The molecule has 0 radical (unpaired) electrons. The van der Waals surface area contributed by atoms with Gasteiger partial charge in [-0.3, -0.25) is 0 Å². The molecule has 2 N–H and O–H groups in total. The molecule has 1 aliphatic heterocycles. The van der Waals surface area contributed by atoms with Gasteiger partial charge in [0.1, 0.15) is 5.75 Å². The van der Waals surface area contributed by atoms with E-state index in [-0.39, 0.29) is 6.04 Å². The van der Waals surface area contributed by atoms with Gasteiger partial charge < -0.3 is 10.5 Å². The van der Waals surface area contributed by atoms with Crippen LogP contribution >= 0.6 is 0 Å². The molecule has 0 aromatic heterocycles. The molecule has 1 unspecified atom stereocenters. The molecule has 102 valence electrons. The Morgan fingerprint density at radius 3 is 2.95 bits per heavy atom. The highest BCUT2D eigenvalue weighted by Crippen LogP contribution is 2.39. The van der Waals surface area contributed by atoms with Crippen molar-refractivity contribution < 1.29 is 4.74 Å². The molecule has 0 saturated carbocycles. The molecule has 2 aromatic carbocycles. The summed E-state index contributed by atoms with van der Waals surface area (Å²) < 4.78 is 5.92. The molecule has 2 aliphatic rings. The molecule has 2 nitrogen and oxygen atoms in total. The first-order valence-corrected chi connectivity index (χ1v) is 7.46. The highest BCUT2D eigenvalue weighted by Gasteiger charge is 2.21. The van der Waals surface area contributed by atoms with E-state index in [2.05, 4.69) is 36.4 Å². The SMILES string of the molecule is NC1CCc2cc(-c3cccc4c3OCCC4)ccc21. The number of para-hydroxylation sites is 1. The Morgan fingerprint density at radius 1 is 1.05 bits per heavy atom. The number of fused-ring (bicyclic) bond motifs is 2. The lowest BCUT2D eigenvalue weighted by Gasteiger charge is -2.20.